The molecular formula is C29H48O3. The first kappa shape index (κ1) is 23.3. The van der Waals surface area contributed by atoms with Gasteiger partial charge in [-0.2, -0.15) is 0 Å². The van der Waals surface area contributed by atoms with E-state index in [1.54, 1.807) is 0 Å². The summed E-state index contributed by atoms with van der Waals surface area (Å²) < 4.78 is 12.3. The van der Waals surface area contributed by atoms with E-state index in [1.807, 2.05) is 0 Å². The first-order valence-corrected chi connectivity index (χ1v) is 14.2. The highest BCUT2D eigenvalue weighted by atomic mass is 16.7. The fraction of sp³-hybridized carbons (Fsp3) is 0.966. The van der Waals surface area contributed by atoms with E-state index in [4.69, 9.17) is 9.47 Å². The van der Waals surface area contributed by atoms with Crippen molar-refractivity contribution in [3.8, 4) is 0 Å². The van der Waals surface area contributed by atoms with Crippen molar-refractivity contribution in [2.24, 2.45) is 46.3 Å². The number of fused-ring (bicyclic) bond motifs is 5. The molecular weight excluding hydrogens is 396 g/mol. The van der Waals surface area contributed by atoms with Crippen LogP contribution in [-0.2, 0) is 14.3 Å². The van der Waals surface area contributed by atoms with Crippen molar-refractivity contribution in [3.63, 3.8) is 0 Å². The number of hydrogen-bond acceptors (Lipinski definition) is 3. The largest absolute Gasteiger partial charge is 0.353 e. The van der Waals surface area contributed by atoms with Crippen LogP contribution in [0.3, 0.4) is 0 Å². The number of ketones is 1. The third-order valence-electron chi connectivity index (χ3n) is 11.4. The van der Waals surface area contributed by atoms with Gasteiger partial charge in [0, 0.05) is 18.9 Å². The maximum atomic E-state index is 13.7. The van der Waals surface area contributed by atoms with Gasteiger partial charge in [0.1, 0.15) is 5.78 Å². The molecule has 1 heterocycles. The molecule has 5 fully saturated rings. The lowest BCUT2D eigenvalue weighted by Gasteiger charge is -2.60. The van der Waals surface area contributed by atoms with Gasteiger partial charge in [0.15, 0.2) is 6.29 Å². The molecule has 4 saturated carbocycles. The molecule has 0 amide bonds. The Kier molecular flexibility index (Phi) is 6.55. The van der Waals surface area contributed by atoms with E-state index >= 15 is 0 Å². The summed E-state index contributed by atoms with van der Waals surface area (Å²) in [6.07, 6.45) is 15.9. The number of hydrogen-bond donors (Lipinski definition) is 0. The first-order chi connectivity index (χ1) is 15.4. The number of carbonyl (C=O) groups excluding carboxylic acids is 1. The highest BCUT2D eigenvalue weighted by Crippen LogP contribution is 2.67. The van der Waals surface area contributed by atoms with Gasteiger partial charge in [-0.3, -0.25) is 4.79 Å². The minimum absolute atomic E-state index is 0.000989. The van der Waals surface area contributed by atoms with Gasteiger partial charge in [-0.15, -0.1) is 0 Å². The predicted octanol–water partition coefficient (Wildman–Crippen LogP) is 7.17. The van der Waals surface area contributed by atoms with Gasteiger partial charge in [0.05, 0.1) is 6.10 Å². The summed E-state index contributed by atoms with van der Waals surface area (Å²) in [7, 11) is 0. The maximum absolute atomic E-state index is 13.7. The highest BCUT2D eigenvalue weighted by molar-refractivity contribution is 5.83. The van der Waals surface area contributed by atoms with E-state index in [9.17, 15) is 4.79 Å². The van der Waals surface area contributed by atoms with E-state index < -0.39 is 0 Å². The summed E-state index contributed by atoms with van der Waals surface area (Å²) in [4.78, 5) is 13.7. The monoisotopic (exact) mass is 444 g/mol. The van der Waals surface area contributed by atoms with Crippen molar-refractivity contribution in [2.45, 2.75) is 124 Å². The van der Waals surface area contributed by atoms with E-state index in [1.165, 1.54) is 57.8 Å². The number of carbonyl (C=O) groups is 1. The molecule has 32 heavy (non-hydrogen) atoms. The lowest BCUT2D eigenvalue weighted by molar-refractivity contribution is -0.211. The topological polar surface area (TPSA) is 35.5 Å². The van der Waals surface area contributed by atoms with Gasteiger partial charge in [-0.25, -0.2) is 0 Å². The van der Waals surface area contributed by atoms with Crippen LogP contribution in [-0.4, -0.2) is 24.8 Å². The number of Topliss-reactive ketones (excluding diaryl/α,β-unsaturated/α-hetero) is 1. The van der Waals surface area contributed by atoms with Crippen molar-refractivity contribution in [2.75, 3.05) is 6.61 Å². The number of ether oxygens (including phenoxy) is 2. The van der Waals surface area contributed by atoms with Gasteiger partial charge < -0.3 is 9.47 Å². The lowest BCUT2D eigenvalue weighted by Crippen LogP contribution is -2.57. The fourth-order valence-electron chi connectivity index (χ4n) is 9.68. The molecule has 5 rings (SSSR count). The molecule has 1 saturated heterocycles. The van der Waals surface area contributed by atoms with Crippen molar-refractivity contribution in [1.29, 1.82) is 0 Å². The zero-order valence-electron chi connectivity index (χ0n) is 21.2. The molecule has 5 aliphatic rings. The van der Waals surface area contributed by atoms with E-state index in [0.29, 0.717) is 46.4 Å². The second-order valence-corrected chi connectivity index (χ2v) is 12.9. The third-order valence-corrected chi connectivity index (χ3v) is 11.4. The smallest absolute Gasteiger partial charge is 0.157 e. The Balaban J connectivity index is 1.30. The quantitative estimate of drug-likeness (QED) is 0.422. The van der Waals surface area contributed by atoms with Crippen molar-refractivity contribution >= 4 is 5.78 Å². The molecule has 3 nitrogen and oxygen atoms in total. The van der Waals surface area contributed by atoms with Crippen LogP contribution in [0.5, 0.6) is 0 Å². The van der Waals surface area contributed by atoms with Crippen LogP contribution < -0.4 is 0 Å². The third kappa shape index (κ3) is 3.82. The Morgan fingerprint density at radius 3 is 2.56 bits per heavy atom. The molecule has 0 aromatic rings. The van der Waals surface area contributed by atoms with Crippen molar-refractivity contribution in [3.05, 3.63) is 0 Å². The summed E-state index contributed by atoms with van der Waals surface area (Å²) in [5, 5.41) is 0. The summed E-state index contributed by atoms with van der Waals surface area (Å²) in [6.45, 7) is 10.8. The average molecular weight is 445 g/mol. The maximum Gasteiger partial charge on any atom is 0.157 e. The second kappa shape index (κ2) is 8.99. The van der Waals surface area contributed by atoms with Gasteiger partial charge in [0.2, 0.25) is 0 Å². The van der Waals surface area contributed by atoms with Crippen LogP contribution >= 0.6 is 0 Å². The molecule has 0 aromatic carbocycles. The molecule has 0 bridgehead atoms. The van der Waals surface area contributed by atoms with Crippen LogP contribution in [0, 0.1) is 46.3 Å². The summed E-state index contributed by atoms with van der Waals surface area (Å²) in [6, 6.07) is 0. The summed E-state index contributed by atoms with van der Waals surface area (Å²) >= 11 is 0. The average Bonchev–Trinajstić information content (AvgIpc) is 3.13. The summed E-state index contributed by atoms with van der Waals surface area (Å²) in [5.41, 5.74) is 0.730. The zero-order chi connectivity index (χ0) is 22.5. The molecule has 0 spiro atoms. The highest BCUT2D eigenvalue weighted by Gasteiger charge is 2.63. The van der Waals surface area contributed by atoms with Crippen LogP contribution in [0.15, 0.2) is 0 Å². The Morgan fingerprint density at radius 1 is 1.03 bits per heavy atom. The van der Waals surface area contributed by atoms with Crippen molar-refractivity contribution in [1.82, 2.24) is 0 Å². The van der Waals surface area contributed by atoms with Gasteiger partial charge >= 0.3 is 0 Å². The van der Waals surface area contributed by atoms with Gasteiger partial charge in [-0.1, -0.05) is 40.5 Å². The molecule has 0 aromatic heterocycles. The first-order valence-electron chi connectivity index (χ1n) is 14.2. The Hall–Kier alpha value is -0.410. The van der Waals surface area contributed by atoms with Crippen molar-refractivity contribution < 1.29 is 14.3 Å². The molecule has 1 aliphatic heterocycles. The van der Waals surface area contributed by atoms with E-state index in [-0.39, 0.29) is 6.29 Å². The second-order valence-electron chi connectivity index (χ2n) is 12.9. The molecule has 10 atom stereocenters. The van der Waals surface area contributed by atoms with E-state index in [2.05, 4.69) is 27.7 Å². The molecule has 3 heteroatoms. The molecule has 4 aliphatic carbocycles. The Morgan fingerprint density at radius 2 is 1.81 bits per heavy atom. The fourth-order valence-corrected chi connectivity index (χ4v) is 9.68. The number of rotatable bonds is 5. The van der Waals surface area contributed by atoms with Crippen LogP contribution in [0.4, 0.5) is 0 Å². The SMILES string of the molecule is CCC[C@@H](C)C1CCC2C3C(=O)CC4C[C@H](OC5CCCCO5)CC[C@]4(C)C3CC[C@@]21C. The molecule has 182 valence electrons. The Bertz CT molecular complexity index is 684. The molecule has 0 N–H and O–H groups in total. The minimum Gasteiger partial charge on any atom is -0.353 e. The molecule has 6 unspecified atom stereocenters. The zero-order valence-corrected chi connectivity index (χ0v) is 21.2. The van der Waals surface area contributed by atoms with Crippen LogP contribution in [0.2, 0.25) is 0 Å². The molecule has 0 radical (unpaired) electrons. The standard InChI is InChI=1S/C29H48O3/c1-5-8-19(2)22-10-11-23-27-24(13-15-29(22,23)4)28(3)14-12-21(17-20(28)18-25(27)30)32-26-9-6-7-16-31-26/h19-24,26-27H,5-18H2,1-4H3/t19-,20?,21-,22?,23?,24?,26?,27?,28+,29-/m1/s1. The van der Waals surface area contributed by atoms with Crippen LogP contribution in [0.1, 0.15) is 111 Å². The van der Waals surface area contributed by atoms with Gasteiger partial charge in [0.25, 0.3) is 0 Å². The van der Waals surface area contributed by atoms with E-state index in [0.717, 1.165) is 44.1 Å². The van der Waals surface area contributed by atoms with Crippen LogP contribution in [0.25, 0.3) is 0 Å². The Labute approximate surface area is 196 Å². The normalized spacial score (nSPS) is 49.8. The minimum atomic E-state index is 0.000989. The van der Waals surface area contributed by atoms with Gasteiger partial charge in [-0.05, 0) is 105 Å². The lowest BCUT2D eigenvalue weighted by atomic mass is 9.44. The predicted molar refractivity (Wildman–Crippen MR) is 128 cm³/mol. The summed E-state index contributed by atoms with van der Waals surface area (Å²) in [5.74, 6) is 4.35.